The Kier molecular flexibility index (Phi) is 3.70. The molecule has 1 heterocycles. The smallest absolute Gasteiger partial charge is 0.324 e. The van der Waals surface area contributed by atoms with Crippen molar-refractivity contribution in [1.82, 2.24) is 15.5 Å². The first kappa shape index (κ1) is 9.98. The topological polar surface area (TPSA) is 61.4 Å². The van der Waals surface area contributed by atoms with E-state index in [4.69, 9.17) is 0 Å². The van der Waals surface area contributed by atoms with Crippen molar-refractivity contribution in [3.63, 3.8) is 0 Å². The number of imide groups is 1. The van der Waals surface area contributed by atoms with Gasteiger partial charge in [-0.3, -0.25) is 9.69 Å². The van der Waals surface area contributed by atoms with E-state index in [1.807, 2.05) is 6.92 Å². The van der Waals surface area contributed by atoms with Crippen molar-refractivity contribution in [2.24, 2.45) is 0 Å². The van der Waals surface area contributed by atoms with Gasteiger partial charge in [0, 0.05) is 6.54 Å². The molecule has 0 bridgehead atoms. The average molecular weight is 185 g/mol. The minimum Gasteiger partial charge on any atom is -0.329 e. The van der Waals surface area contributed by atoms with Gasteiger partial charge in [-0.2, -0.15) is 0 Å². The number of urea groups is 1. The zero-order valence-electron chi connectivity index (χ0n) is 7.80. The molecule has 5 heteroatoms. The summed E-state index contributed by atoms with van der Waals surface area (Å²) < 4.78 is 0. The normalized spacial score (nSPS) is 16.5. The second kappa shape index (κ2) is 4.81. The van der Waals surface area contributed by atoms with Crippen LogP contribution in [0.25, 0.3) is 0 Å². The fourth-order valence-electron chi connectivity index (χ4n) is 1.22. The van der Waals surface area contributed by atoms with E-state index in [0.717, 1.165) is 19.5 Å². The lowest BCUT2D eigenvalue weighted by Gasteiger charge is -2.11. The summed E-state index contributed by atoms with van der Waals surface area (Å²) in [7, 11) is 0. The van der Waals surface area contributed by atoms with Gasteiger partial charge in [-0.1, -0.05) is 6.92 Å². The molecule has 0 aromatic carbocycles. The van der Waals surface area contributed by atoms with Crippen LogP contribution in [-0.2, 0) is 4.79 Å². The molecule has 2 N–H and O–H groups in total. The first-order valence-corrected chi connectivity index (χ1v) is 4.54. The third kappa shape index (κ3) is 2.69. The predicted molar refractivity (Wildman–Crippen MR) is 48.3 cm³/mol. The van der Waals surface area contributed by atoms with Crippen molar-refractivity contribution < 1.29 is 9.59 Å². The molecular formula is C8H15N3O2. The van der Waals surface area contributed by atoms with E-state index in [2.05, 4.69) is 10.6 Å². The van der Waals surface area contributed by atoms with Gasteiger partial charge in [0.15, 0.2) is 0 Å². The van der Waals surface area contributed by atoms with Crippen molar-refractivity contribution in [2.75, 3.05) is 26.2 Å². The third-order valence-electron chi connectivity index (χ3n) is 1.92. The summed E-state index contributed by atoms with van der Waals surface area (Å²) in [5.74, 6) is -0.124. The monoisotopic (exact) mass is 185 g/mol. The van der Waals surface area contributed by atoms with Crippen LogP contribution in [0.2, 0.25) is 0 Å². The van der Waals surface area contributed by atoms with Crippen LogP contribution in [0.3, 0.4) is 0 Å². The van der Waals surface area contributed by atoms with Gasteiger partial charge in [0.25, 0.3) is 0 Å². The lowest BCUT2D eigenvalue weighted by atomic mass is 10.4. The molecule has 3 amide bonds. The van der Waals surface area contributed by atoms with E-state index in [0.29, 0.717) is 6.54 Å². The molecular weight excluding hydrogens is 170 g/mol. The van der Waals surface area contributed by atoms with Crippen molar-refractivity contribution in [2.45, 2.75) is 13.3 Å². The minimum absolute atomic E-state index is 0.124. The number of nitrogens with one attached hydrogen (secondary N) is 2. The summed E-state index contributed by atoms with van der Waals surface area (Å²) >= 11 is 0. The zero-order chi connectivity index (χ0) is 9.68. The van der Waals surface area contributed by atoms with Crippen molar-refractivity contribution in [3.8, 4) is 0 Å². The van der Waals surface area contributed by atoms with Crippen LogP contribution >= 0.6 is 0 Å². The Morgan fingerprint density at radius 3 is 2.85 bits per heavy atom. The SMILES string of the molecule is CCNCCCN1C(=O)CNC1=O. The van der Waals surface area contributed by atoms with E-state index >= 15 is 0 Å². The molecule has 0 atom stereocenters. The van der Waals surface area contributed by atoms with Crippen LogP contribution in [0.5, 0.6) is 0 Å². The molecule has 1 aliphatic rings. The van der Waals surface area contributed by atoms with Crippen LogP contribution in [-0.4, -0.2) is 43.0 Å². The summed E-state index contributed by atoms with van der Waals surface area (Å²) in [5, 5.41) is 5.61. The molecule has 1 fully saturated rings. The number of hydrogen-bond acceptors (Lipinski definition) is 3. The Hall–Kier alpha value is -1.10. The van der Waals surface area contributed by atoms with Gasteiger partial charge < -0.3 is 10.6 Å². The number of amides is 3. The largest absolute Gasteiger partial charge is 0.329 e. The number of nitrogens with zero attached hydrogens (tertiary/aromatic N) is 1. The Labute approximate surface area is 77.5 Å². The van der Waals surface area contributed by atoms with Gasteiger partial charge in [0.05, 0.1) is 6.54 Å². The fraction of sp³-hybridized carbons (Fsp3) is 0.750. The summed E-state index contributed by atoms with van der Waals surface area (Å²) in [6.45, 7) is 4.44. The highest BCUT2D eigenvalue weighted by molar-refractivity contribution is 6.01. The molecule has 0 unspecified atom stereocenters. The van der Waals surface area contributed by atoms with Crippen molar-refractivity contribution in [3.05, 3.63) is 0 Å². The molecule has 0 radical (unpaired) electrons. The summed E-state index contributed by atoms with van der Waals surface area (Å²) in [5.41, 5.74) is 0. The Morgan fingerprint density at radius 1 is 1.54 bits per heavy atom. The van der Waals surface area contributed by atoms with Gasteiger partial charge in [0.2, 0.25) is 5.91 Å². The molecule has 13 heavy (non-hydrogen) atoms. The second-order valence-electron chi connectivity index (χ2n) is 2.91. The number of carbonyl (C=O) groups excluding carboxylic acids is 2. The maximum atomic E-state index is 11.1. The predicted octanol–water partition coefficient (Wildman–Crippen LogP) is -0.462. The molecule has 0 aromatic heterocycles. The summed E-state index contributed by atoms with van der Waals surface area (Å²) in [4.78, 5) is 23.4. The molecule has 0 saturated carbocycles. The third-order valence-corrected chi connectivity index (χ3v) is 1.92. The number of carbonyl (C=O) groups is 2. The van der Waals surface area contributed by atoms with E-state index in [1.165, 1.54) is 4.90 Å². The maximum absolute atomic E-state index is 11.1. The second-order valence-corrected chi connectivity index (χ2v) is 2.91. The zero-order valence-corrected chi connectivity index (χ0v) is 7.80. The molecule has 0 aliphatic carbocycles. The highest BCUT2D eigenvalue weighted by Crippen LogP contribution is 1.99. The Balaban J connectivity index is 2.20. The molecule has 5 nitrogen and oxygen atoms in total. The molecule has 74 valence electrons. The summed E-state index contributed by atoms with van der Waals surface area (Å²) in [6, 6.07) is -0.263. The van der Waals surface area contributed by atoms with Crippen LogP contribution < -0.4 is 10.6 Å². The first-order chi connectivity index (χ1) is 6.25. The van der Waals surface area contributed by atoms with Crippen LogP contribution in [0.1, 0.15) is 13.3 Å². The highest BCUT2D eigenvalue weighted by Gasteiger charge is 2.27. The lowest BCUT2D eigenvalue weighted by molar-refractivity contribution is -0.125. The summed E-state index contributed by atoms with van der Waals surface area (Å²) in [6.07, 6.45) is 0.812. The van der Waals surface area contributed by atoms with Gasteiger partial charge in [-0.05, 0) is 19.5 Å². The van der Waals surface area contributed by atoms with Crippen molar-refractivity contribution >= 4 is 11.9 Å². The standard InChI is InChI=1S/C8H15N3O2/c1-2-9-4-3-5-11-7(12)6-10-8(11)13/h9H,2-6H2,1H3,(H,10,13). The quantitative estimate of drug-likeness (QED) is 0.450. The van der Waals surface area contributed by atoms with Crippen molar-refractivity contribution in [1.29, 1.82) is 0 Å². The van der Waals surface area contributed by atoms with Crippen LogP contribution in [0, 0.1) is 0 Å². The molecule has 1 saturated heterocycles. The molecule has 1 rings (SSSR count). The van der Waals surface area contributed by atoms with E-state index in [-0.39, 0.29) is 18.5 Å². The van der Waals surface area contributed by atoms with Crippen LogP contribution in [0.4, 0.5) is 4.79 Å². The van der Waals surface area contributed by atoms with E-state index in [9.17, 15) is 9.59 Å². The minimum atomic E-state index is -0.263. The Bertz CT molecular complexity index is 190. The Morgan fingerprint density at radius 2 is 2.31 bits per heavy atom. The van der Waals surface area contributed by atoms with Gasteiger partial charge in [-0.25, -0.2) is 4.79 Å². The fourth-order valence-corrected chi connectivity index (χ4v) is 1.22. The molecule has 0 spiro atoms. The first-order valence-electron chi connectivity index (χ1n) is 4.54. The van der Waals surface area contributed by atoms with E-state index < -0.39 is 0 Å². The van der Waals surface area contributed by atoms with E-state index in [1.54, 1.807) is 0 Å². The van der Waals surface area contributed by atoms with Gasteiger partial charge >= 0.3 is 6.03 Å². The molecule has 0 aromatic rings. The van der Waals surface area contributed by atoms with Gasteiger partial charge in [-0.15, -0.1) is 0 Å². The average Bonchev–Trinajstić information content (AvgIpc) is 2.42. The van der Waals surface area contributed by atoms with Crippen LogP contribution in [0.15, 0.2) is 0 Å². The highest BCUT2D eigenvalue weighted by atomic mass is 16.2. The maximum Gasteiger partial charge on any atom is 0.324 e. The number of hydrogen-bond donors (Lipinski definition) is 2. The molecule has 1 aliphatic heterocycles. The van der Waals surface area contributed by atoms with Gasteiger partial charge in [0.1, 0.15) is 0 Å². The lowest BCUT2D eigenvalue weighted by Crippen LogP contribution is -2.33. The number of rotatable bonds is 5.